The molecule has 4 nitrogen and oxygen atoms in total. The van der Waals surface area contributed by atoms with Crippen LogP contribution in [-0.2, 0) is 16.7 Å². The van der Waals surface area contributed by atoms with Crippen LogP contribution in [0.25, 0.3) is 0 Å². The van der Waals surface area contributed by atoms with Gasteiger partial charge in [0.25, 0.3) is 10.1 Å². The zero-order chi connectivity index (χ0) is 9.73. The third-order valence-electron chi connectivity index (χ3n) is 1.45. The van der Waals surface area contributed by atoms with Gasteiger partial charge in [-0.25, -0.2) is 0 Å². The standard InChI is InChI=1S/C7H11NO3S2/c9-13(10,11)4-2-8-5-7-1-3-12-6-7/h1,3,6,8H,2,4-5H2,(H,9,10,11). The Kier molecular flexibility index (Phi) is 3.86. The number of rotatable bonds is 5. The van der Waals surface area contributed by atoms with Gasteiger partial charge in [0.2, 0.25) is 0 Å². The fourth-order valence-corrected chi connectivity index (χ4v) is 1.90. The van der Waals surface area contributed by atoms with E-state index in [1.165, 1.54) is 0 Å². The molecule has 0 aliphatic carbocycles. The van der Waals surface area contributed by atoms with Gasteiger partial charge in [-0.05, 0) is 22.4 Å². The minimum Gasteiger partial charge on any atom is -0.312 e. The van der Waals surface area contributed by atoms with E-state index < -0.39 is 10.1 Å². The van der Waals surface area contributed by atoms with Crippen molar-refractivity contribution < 1.29 is 13.0 Å². The quantitative estimate of drug-likeness (QED) is 0.568. The van der Waals surface area contributed by atoms with Gasteiger partial charge in [0.05, 0.1) is 5.75 Å². The Morgan fingerprint density at radius 2 is 2.31 bits per heavy atom. The van der Waals surface area contributed by atoms with Crippen molar-refractivity contribution in [1.29, 1.82) is 0 Å². The molecule has 0 saturated heterocycles. The van der Waals surface area contributed by atoms with Crippen LogP contribution in [0.2, 0.25) is 0 Å². The van der Waals surface area contributed by atoms with E-state index in [2.05, 4.69) is 5.32 Å². The van der Waals surface area contributed by atoms with E-state index in [-0.39, 0.29) is 12.3 Å². The predicted molar refractivity (Wildman–Crippen MR) is 52.4 cm³/mol. The maximum Gasteiger partial charge on any atom is 0.266 e. The number of thiophene rings is 1. The average Bonchev–Trinajstić information content (AvgIpc) is 2.48. The summed E-state index contributed by atoms with van der Waals surface area (Å²) in [5, 5.41) is 6.86. The molecule has 2 N–H and O–H groups in total. The predicted octanol–water partition coefficient (Wildman–Crippen LogP) is 0.725. The van der Waals surface area contributed by atoms with E-state index in [0.29, 0.717) is 6.54 Å². The fraction of sp³-hybridized carbons (Fsp3) is 0.429. The molecule has 74 valence electrons. The highest BCUT2D eigenvalue weighted by Gasteiger charge is 2.02. The van der Waals surface area contributed by atoms with Crippen molar-refractivity contribution in [2.24, 2.45) is 0 Å². The first-order chi connectivity index (χ1) is 6.08. The molecule has 0 aromatic carbocycles. The highest BCUT2D eigenvalue weighted by atomic mass is 32.2. The van der Waals surface area contributed by atoms with E-state index in [0.717, 1.165) is 5.56 Å². The Hall–Kier alpha value is -0.430. The van der Waals surface area contributed by atoms with Gasteiger partial charge in [-0.15, -0.1) is 0 Å². The van der Waals surface area contributed by atoms with Crippen molar-refractivity contribution in [3.05, 3.63) is 22.4 Å². The molecule has 0 atom stereocenters. The first-order valence-corrected chi connectivity index (χ1v) is 6.30. The summed E-state index contributed by atoms with van der Waals surface area (Å²) in [6, 6.07) is 1.96. The lowest BCUT2D eigenvalue weighted by molar-refractivity contribution is 0.480. The smallest absolute Gasteiger partial charge is 0.266 e. The van der Waals surface area contributed by atoms with Gasteiger partial charge in [0.1, 0.15) is 0 Å². The summed E-state index contributed by atoms with van der Waals surface area (Å²) in [6.07, 6.45) is 0. The third-order valence-corrected chi connectivity index (χ3v) is 2.90. The summed E-state index contributed by atoms with van der Waals surface area (Å²) in [4.78, 5) is 0. The molecule has 13 heavy (non-hydrogen) atoms. The lowest BCUT2D eigenvalue weighted by Crippen LogP contribution is -2.21. The summed E-state index contributed by atoms with van der Waals surface area (Å²) < 4.78 is 29.0. The van der Waals surface area contributed by atoms with Crippen LogP contribution >= 0.6 is 11.3 Å². The van der Waals surface area contributed by atoms with Crippen LogP contribution < -0.4 is 5.32 Å². The average molecular weight is 221 g/mol. The lowest BCUT2D eigenvalue weighted by Gasteiger charge is -2.00. The van der Waals surface area contributed by atoms with E-state index in [1.54, 1.807) is 11.3 Å². The topological polar surface area (TPSA) is 66.4 Å². The third kappa shape index (κ3) is 4.99. The number of nitrogens with one attached hydrogen (secondary N) is 1. The van der Waals surface area contributed by atoms with Gasteiger partial charge >= 0.3 is 0 Å². The van der Waals surface area contributed by atoms with Crippen molar-refractivity contribution in [2.75, 3.05) is 12.3 Å². The molecule has 0 unspecified atom stereocenters. The van der Waals surface area contributed by atoms with E-state index in [4.69, 9.17) is 4.55 Å². The van der Waals surface area contributed by atoms with Gasteiger partial charge in [0.15, 0.2) is 0 Å². The molecule has 0 spiro atoms. The van der Waals surface area contributed by atoms with Crippen LogP contribution in [0, 0.1) is 0 Å². The second-order valence-electron chi connectivity index (χ2n) is 2.59. The highest BCUT2D eigenvalue weighted by Crippen LogP contribution is 2.04. The first kappa shape index (κ1) is 10.6. The summed E-state index contributed by atoms with van der Waals surface area (Å²) in [5.41, 5.74) is 1.13. The van der Waals surface area contributed by atoms with Gasteiger partial charge in [-0.2, -0.15) is 19.8 Å². The zero-order valence-electron chi connectivity index (χ0n) is 6.93. The van der Waals surface area contributed by atoms with Gasteiger partial charge < -0.3 is 5.32 Å². The Bertz CT molecular complexity index is 331. The molecule has 1 aromatic heterocycles. The van der Waals surface area contributed by atoms with Crippen molar-refractivity contribution in [3.63, 3.8) is 0 Å². The molecule has 0 bridgehead atoms. The molecule has 1 rings (SSSR count). The summed E-state index contributed by atoms with van der Waals surface area (Å²) in [5.74, 6) is -0.239. The van der Waals surface area contributed by atoms with Crippen LogP contribution in [0.4, 0.5) is 0 Å². The maximum absolute atomic E-state index is 10.3. The zero-order valence-corrected chi connectivity index (χ0v) is 8.57. The van der Waals surface area contributed by atoms with Crippen molar-refractivity contribution in [1.82, 2.24) is 5.32 Å². The van der Waals surface area contributed by atoms with Crippen LogP contribution in [0.3, 0.4) is 0 Å². The van der Waals surface area contributed by atoms with Gasteiger partial charge in [-0.1, -0.05) is 0 Å². The normalized spacial score (nSPS) is 11.8. The van der Waals surface area contributed by atoms with E-state index >= 15 is 0 Å². The van der Waals surface area contributed by atoms with Crippen LogP contribution in [0.5, 0.6) is 0 Å². The molecule has 1 aromatic rings. The number of hydrogen-bond donors (Lipinski definition) is 2. The minimum atomic E-state index is -3.83. The SMILES string of the molecule is O=S(=O)(O)CCNCc1ccsc1. The molecule has 0 saturated carbocycles. The molecule has 0 radical (unpaired) electrons. The van der Waals surface area contributed by atoms with Crippen LogP contribution in [0.1, 0.15) is 5.56 Å². The molecule has 1 heterocycles. The fourth-order valence-electron chi connectivity index (χ4n) is 0.827. The highest BCUT2D eigenvalue weighted by molar-refractivity contribution is 7.85. The Labute approximate surface area is 81.3 Å². The monoisotopic (exact) mass is 221 g/mol. The largest absolute Gasteiger partial charge is 0.312 e. The molecule has 6 heteroatoms. The Balaban J connectivity index is 2.16. The summed E-state index contributed by atoms with van der Waals surface area (Å²) >= 11 is 1.60. The molecule has 0 amide bonds. The first-order valence-electron chi connectivity index (χ1n) is 3.75. The molecule has 0 fully saturated rings. The Morgan fingerprint density at radius 1 is 1.54 bits per heavy atom. The second kappa shape index (κ2) is 4.71. The summed E-state index contributed by atoms with van der Waals surface area (Å²) in [7, 11) is -3.83. The minimum absolute atomic E-state index is 0.239. The number of hydrogen-bond acceptors (Lipinski definition) is 4. The molecular weight excluding hydrogens is 210 g/mol. The van der Waals surface area contributed by atoms with E-state index in [9.17, 15) is 8.42 Å². The molecule has 0 aliphatic rings. The van der Waals surface area contributed by atoms with Gasteiger partial charge in [-0.3, -0.25) is 4.55 Å². The van der Waals surface area contributed by atoms with Crippen molar-refractivity contribution in [2.45, 2.75) is 6.54 Å². The van der Waals surface area contributed by atoms with Crippen LogP contribution in [-0.4, -0.2) is 25.3 Å². The maximum atomic E-state index is 10.3. The second-order valence-corrected chi connectivity index (χ2v) is 4.95. The van der Waals surface area contributed by atoms with Crippen LogP contribution in [0.15, 0.2) is 16.8 Å². The summed E-state index contributed by atoms with van der Waals surface area (Å²) in [6.45, 7) is 0.910. The van der Waals surface area contributed by atoms with Gasteiger partial charge in [0, 0.05) is 13.1 Å². The lowest BCUT2D eigenvalue weighted by atomic mass is 10.3. The molecular formula is C7H11NO3S2. The molecule has 0 aliphatic heterocycles. The Morgan fingerprint density at radius 3 is 2.85 bits per heavy atom. The van der Waals surface area contributed by atoms with Crippen molar-refractivity contribution in [3.8, 4) is 0 Å². The van der Waals surface area contributed by atoms with E-state index in [1.807, 2.05) is 16.8 Å². The van der Waals surface area contributed by atoms with Crippen molar-refractivity contribution >= 4 is 21.5 Å².